The summed E-state index contributed by atoms with van der Waals surface area (Å²) >= 11 is 6.55. The van der Waals surface area contributed by atoms with E-state index in [0.717, 1.165) is 46.8 Å². The Kier molecular flexibility index (Phi) is 5.44. The van der Waals surface area contributed by atoms with E-state index in [1.807, 2.05) is 18.3 Å². The third kappa shape index (κ3) is 4.06. The van der Waals surface area contributed by atoms with Crippen LogP contribution in [0.2, 0.25) is 5.02 Å². The largest absolute Gasteiger partial charge is 0.354 e. The van der Waals surface area contributed by atoms with Crippen LogP contribution in [0.5, 0.6) is 0 Å². The predicted octanol–water partition coefficient (Wildman–Crippen LogP) is 6.45. The number of halogens is 1. The lowest BCUT2D eigenvalue weighted by Gasteiger charge is -2.28. The number of nitrogens with one attached hydrogen (secondary N) is 1. The lowest BCUT2D eigenvalue weighted by atomic mass is 9.78. The SMILES string of the molecule is Cc1ccc(CCNc2ncc3c(n2)-c2ccccc2C(c2ccccc2Cl)C3)cc1. The van der Waals surface area contributed by atoms with E-state index in [2.05, 4.69) is 77.9 Å². The minimum Gasteiger partial charge on any atom is -0.354 e. The van der Waals surface area contributed by atoms with Crippen LogP contribution in [-0.4, -0.2) is 16.5 Å². The fraction of sp³-hybridized carbons (Fsp3) is 0.185. The van der Waals surface area contributed by atoms with Crippen molar-refractivity contribution in [2.24, 2.45) is 0 Å². The Labute approximate surface area is 188 Å². The Morgan fingerprint density at radius 1 is 0.935 bits per heavy atom. The van der Waals surface area contributed by atoms with E-state index < -0.39 is 0 Å². The molecule has 3 nitrogen and oxygen atoms in total. The Balaban J connectivity index is 1.40. The van der Waals surface area contributed by atoms with Gasteiger partial charge in [0, 0.05) is 29.2 Å². The highest BCUT2D eigenvalue weighted by Gasteiger charge is 2.28. The number of benzene rings is 3. The van der Waals surface area contributed by atoms with Crippen molar-refractivity contribution in [1.82, 2.24) is 9.97 Å². The van der Waals surface area contributed by atoms with Gasteiger partial charge in [0.15, 0.2) is 0 Å². The summed E-state index contributed by atoms with van der Waals surface area (Å²) in [5.74, 6) is 0.887. The molecular weight excluding hydrogens is 402 g/mol. The molecule has 1 heterocycles. The molecule has 0 saturated carbocycles. The standard InChI is InChI=1S/C27H24ClN3/c1-18-10-12-19(13-11-18)14-15-29-27-30-17-20-16-24(22-7-4-5-9-25(22)28)21-6-2-3-8-23(21)26(20)31-27/h2-13,17,24H,14-16H2,1H3,(H,29,30,31). The zero-order valence-corrected chi connectivity index (χ0v) is 18.2. The van der Waals surface area contributed by atoms with Gasteiger partial charge in [-0.25, -0.2) is 9.97 Å². The molecule has 0 saturated heterocycles. The topological polar surface area (TPSA) is 37.8 Å². The number of rotatable bonds is 5. The molecule has 3 aromatic carbocycles. The second kappa shape index (κ2) is 8.52. The summed E-state index contributed by atoms with van der Waals surface area (Å²) in [6.07, 6.45) is 3.75. The van der Waals surface area contributed by atoms with E-state index in [4.69, 9.17) is 16.6 Å². The van der Waals surface area contributed by atoms with Crippen molar-refractivity contribution in [3.05, 3.63) is 112 Å². The summed E-state index contributed by atoms with van der Waals surface area (Å²) in [5.41, 5.74) is 8.36. The fourth-order valence-electron chi connectivity index (χ4n) is 4.33. The van der Waals surface area contributed by atoms with Crippen molar-refractivity contribution < 1.29 is 0 Å². The first-order valence-electron chi connectivity index (χ1n) is 10.7. The van der Waals surface area contributed by atoms with Crippen molar-refractivity contribution in [3.8, 4) is 11.3 Å². The van der Waals surface area contributed by atoms with Crippen molar-refractivity contribution in [2.45, 2.75) is 25.7 Å². The smallest absolute Gasteiger partial charge is 0.223 e. The number of hydrogen-bond acceptors (Lipinski definition) is 3. The van der Waals surface area contributed by atoms with E-state index in [9.17, 15) is 0 Å². The number of aromatic nitrogens is 2. The van der Waals surface area contributed by atoms with Gasteiger partial charge < -0.3 is 5.32 Å². The van der Waals surface area contributed by atoms with Gasteiger partial charge in [0.05, 0.1) is 5.69 Å². The summed E-state index contributed by atoms with van der Waals surface area (Å²) in [6, 6.07) is 25.3. The number of aryl methyl sites for hydroxylation is 1. The number of fused-ring (bicyclic) bond motifs is 3. The highest BCUT2D eigenvalue weighted by Crippen LogP contribution is 2.43. The second-order valence-electron chi connectivity index (χ2n) is 8.10. The van der Waals surface area contributed by atoms with Crippen LogP contribution in [0, 0.1) is 6.92 Å². The molecule has 154 valence electrons. The normalized spacial score (nSPS) is 14.6. The van der Waals surface area contributed by atoms with E-state index in [0.29, 0.717) is 5.95 Å². The van der Waals surface area contributed by atoms with Crippen LogP contribution in [0.1, 0.15) is 33.7 Å². The van der Waals surface area contributed by atoms with Crippen LogP contribution in [-0.2, 0) is 12.8 Å². The summed E-state index contributed by atoms with van der Waals surface area (Å²) in [7, 11) is 0. The number of hydrogen-bond donors (Lipinski definition) is 1. The Bertz CT molecular complexity index is 1220. The summed E-state index contributed by atoms with van der Waals surface area (Å²) in [5, 5.41) is 4.20. The van der Waals surface area contributed by atoms with E-state index in [-0.39, 0.29) is 5.92 Å². The fourth-order valence-corrected chi connectivity index (χ4v) is 4.60. The summed E-state index contributed by atoms with van der Waals surface area (Å²) in [6.45, 7) is 2.91. The molecule has 5 rings (SSSR count). The van der Waals surface area contributed by atoms with Gasteiger partial charge in [0.2, 0.25) is 5.95 Å². The minimum atomic E-state index is 0.210. The molecule has 1 aliphatic carbocycles. The van der Waals surface area contributed by atoms with Crippen LogP contribution in [0.15, 0.2) is 79.0 Å². The van der Waals surface area contributed by atoms with Crippen LogP contribution in [0.25, 0.3) is 11.3 Å². The van der Waals surface area contributed by atoms with E-state index >= 15 is 0 Å². The molecule has 4 heteroatoms. The minimum absolute atomic E-state index is 0.210. The van der Waals surface area contributed by atoms with Gasteiger partial charge in [0.1, 0.15) is 0 Å². The maximum absolute atomic E-state index is 6.55. The molecule has 0 spiro atoms. The first-order valence-corrected chi connectivity index (χ1v) is 11.1. The maximum Gasteiger partial charge on any atom is 0.223 e. The molecular formula is C27H24ClN3. The van der Waals surface area contributed by atoms with Gasteiger partial charge >= 0.3 is 0 Å². The average Bonchev–Trinajstić information content (AvgIpc) is 2.80. The molecule has 1 N–H and O–H groups in total. The van der Waals surface area contributed by atoms with Crippen LogP contribution in [0.3, 0.4) is 0 Å². The Hall–Kier alpha value is -3.17. The van der Waals surface area contributed by atoms with Gasteiger partial charge in [-0.2, -0.15) is 0 Å². The van der Waals surface area contributed by atoms with Gasteiger partial charge in [-0.05, 0) is 48.1 Å². The monoisotopic (exact) mass is 425 g/mol. The first-order chi connectivity index (χ1) is 15.2. The second-order valence-corrected chi connectivity index (χ2v) is 8.50. The van der Waals surface area contributed by atoms with Gasteiger partial charge in [-0.15, -0.1) is 0 Å². The van der Waals surface area contributed by atoms with E-state index in [1.165, 1.54) is 16.7 Å². The highest BCUT2D eigenvalue weighted by molar-refractivity contribution is 6.31. The predicted molar refractivity (Wildman–Crippen MR) is 128 cm³/mol. The molecule has 0 aliphatic heterocycles. The Morgan fingerprint density at radius 3 is 2.48 bits per heavy atom. The lowest BCUT2D eigenvalue weighted by molar-refractivity contribution is 0.781. The molecule has 1 atom stereocenters. The quantitative estimate of drug-likeness (QED) is 0.399. The molecule has 31 heavy (non-hydrogen) atoms. The lowest BCUT2D eigenvalue weighted by Crippen LogP contribution is -2.16. The molecule has 1 aliphatic rings. The maximum atomic E-state index is 6.55. The van der Waals surface area contributed by atoms with Gasteiger partial charge in [0.25, 0.3) is 0 Å². The van der Waals surface area contributed by atoms with Gasteiger partial charge in [-0.1, -0.05) is 83.9 Å². The average molecular weight is 426 g/mol. The highest BCUT2D eigenvalue weighted by atomic mass is 35.5. The molecule has 1 unspecified atom stereocenters. The van der Waals surface area contributed by atoms with Crippen molar-refractivity contribution >= 4 is 17.5 Å². The third-order valence-corrected chi connectivity index (χ3v) is 6.32. The van der Waals surface area contributed by atoms with Crippen molar-refractivity contribution in [2.75, 3.05) is 11.9 Å². The van der Waals surface area contributed by atoms with Crippen LogP contribution in [0.4, 0.5) is 5.95 Å². The number of nitrogens with zero attached hydrogens (tertiary/aromatic N) is 2. The van der Waals surface area contributed by atoms with Crippen molar-refractivity contribution in [1.29, 1.82) is 0 Å². The number of anilines is 1. The molecule has 0 amide bonds. The van der Waals surface area contributed by atoms with Gasteiger partial charge in [-0.3, -0.25) is 0 Å². The zero-order chi connectivity index (χ0) is 21.2. The molecule has 4 aromatic rings. The van der Waals surface area contributed by atoms with Crippen LogP contribution < -0.4 is 5.32 Å². The molecule has 0 fully saturated rings. The third-order valence-electron chi connectivity index (χ3n) is 5.98. The summed E-state index contributed by atoms with van der Waals surface area (Å²) in [4.78, 5) is 9.50. The first kappa shape index (κ1) is 19.8. The molecule has 1 aromatic heterocycles. The Morgan fingerprint density at radius 2 is 1.68 bits per heavy atom. The van der Waals surface area contributed by atoms with Crippen molar-refractivity contribution in [3.63, 3.8) is 0 Å². The zero-order valence-electron chi connectivity index (χ0n) is 17.5. The van der Waals surface area contributed by atoms with Crippen LogP contribution >= 0.6 is 11.6 Å². The molecule has 0 radical (unpaired) electrons. The van der Waals surface area contributed by atoms with E-state index in [1.54, 1.807) is 0 Å². The summed E-state index contributed by atoms with van der Waals surface area (Å²) < 4.78 is 0. The molecule has 0 bridgehead atoms.